The average Bonchev–Trinajstić information content (AvgIpc) is 0.903. The summed E-state index contributed by atoms with van der Waals surface area (Å²) in [7, 11) is -10.0. The second-order valence-corrected chi connectivity index (χ2v) is 29.6. The molecule has 0 aromatic heterocycles. The number of aliphatic hydroxyl groups excluding tert-OH is 1. The Hall–Kier alpha value is -5.32. The Bertz CT molecular complexity index is 2630. The summed E-state index contributed by atoms with van der Waals surface area (Å²) < 4.78 is 68.4. The highest BCUT2D eigenvalue weighted by Crippen LogP contribution is 2.45. The van der Waals surface area contributed by atoms with Gasteiger partial charge in [-0.3, -0.25) is 37.3 Å². The number of aliphatic hydroxyl groups is 1. The molecule has 0 aromatic rings. The van der Waals surface area contributed by atoms with Crippen LogP contribution in [-0.4, -0.2) is 96.7 Å². The number of carbonyl (C=O) groups is 4. The maximum Gasteiger partial charge on any atom is 0.472 e. The van der Waals surface area contributed by atoms with Crippen molar-refractivity contribution >= 4 is 39.5 Å². The van der Waals surface area contributed by atoms with E-state index in [9.17, 15) is 43.2 Å². The van der Waals surface area contributed by atoms with Crippen molar-refractivity contribution in [3.8, 4) is 0 Å². The lowest BCUT2D eigenvalue weighted by Crippen LogP contribution is -2.30. The Morgan fingerprint density at radius 2 is 0.491 bits per heavy atom. The zero-order valence-electron chi connectivity index (χ0n) is 66.1. The first-order valence-electron chi connectivity index (χ1n) is 40.7. The van der Waals surface area contributed by atoms with Gasteiger partial charge in [0.1, 0.15) is 19.3 Å². The third kappa shape index (κ3) is 76.9. The van der Waals surface area contributed by atoms with E-state index in [4.69, 9.17) is 37.0 Å². The third-order valence-corrected chi connectivity index (χ3v) is 18.4. The van der Waals surface area contributed by atoms with Crippen molar-refractivity contribution in [2.75, 3.05) is 39.6 Å². The molecule has 5 atom stereocenters. The number of allylic oxidation sites excluding steroid dienone is 26. The SMILES string of the molecule is CCCCC/C=C\C/C=C\C/C=C\C/C=C\C/C=C\CCC(=O)OC[C@H](COP(=O)(O)OC[C@@H](O)COP(=O)(O)OC[C@@H](COC(=O)CCCCCCCCCCCCCCC)OC(=O)CCC/C=C\C/C=C\C/C=C\C/C=C\CCCCC)OC(=O)CCC/C=C\C/C=C\C/C=C\C/C=C\CCCCC. The standard InChI is InChI=1S/C87H144O17P2/c1-5-9-13-17-21-25-29-33-36-39-40-43-44-48-52-56-60-64-68-72-85(90)98-78-83(104-87(92)74-70-66-62-58-54-50-46-42-38-35-31-27-23-19-15-11-7-3)80-102-106(95,96)100-76-81(88)75-99-105(93,94)101-79-82(77-97-84(89)71-67-63-59-55-51-47-32-28-24-20-16-12-8-4)103-86(91)73-69-65-61-57-53-49-45-41-37-34-30-26-22-18-14-10-6-2/h21-23,25-27,33-38,40,43,45-46,48-50,52,57-58,60-62,64,81-83,88H,5-20,24,28-32,39,41-42,44,47,51,53-56,59,63,65-80H2,1-4H3,(H,93,94)(H,95,96)/b25-21-,26-22-,27-23-,36-33-,37-34-,38-35-,43-40-,49-45-,50-46-,52-48-,61-57-,62-58-,64-60-/t81-,82+,83+/m0/s1. The molecular formula is C87H144O17P2. The number of ether oxygens (including phenoxy) is 4. The Labute approximate surface area is 642 Å². The first-order chi connectivity index (χ1) is 51.7. The van der Waals surface area contributed by atoms with Crippen LogP contribution in [-0.2, 0) is 65.4 Å². The van der Waals surface area contributed by atoms with Gasteiger partial charge in [0.15, 0.2) is 12.2 Å². The van der Waals surface area contributed by atoms with Gasteiger partial charge >= 0.3 is 39.5 Å². The maximum atomic E-state index is 13.1. The summed E-state index contributed by atoms with van der Waals surface area (Å²) in [6.45, 7) is 4.58. The zero-order valence-corrected chi connectivity index (χ0v) is 67.8. The molecular weight excluding hydrogens is 1380 g/mol. The van der Waals surface area contributed by atoms with Crippen molar-refractivity contribution in [3.05, 3.63) is 158 Å². The zero-order chi connectivity index (χ0) is 77.4. The molecule has 0 aliphatic carbocycles. The van der Waals surface area contributed by atoms with Crippen LogP contribution in [0.15, 0.2) is 158 Å². The van der Waals surface area contributed by atoms with Crippen LogP contribution in [0.1, 0.15) is 310 Å². The van der Waals surface area contributed by atoms with E-state index >= 15 is 0 Å². The molecule has 0 saturated heterocycles. The smallest absolute Gasteiger partial charge is 0.462 e. The normalized spacial score (nSPS) is 14.7. The molecule has 0 heterocycles. The number of phosphoric ester groups is 2. The molecule has 0 radical (unpaired) electrons. The predicted octanol–water partition coefficient (Wildman–Crippen LogP) is 24.0. The maximum absolute atomic E-state index is 13.1. The Morgan fingerprint density at radius 3 is 0.792 bits per heavy atom. The highest BCUT2D eigenvalue weighted by Gasteiger charge is 2.30. The molecule has 2 unspecified atom stereocenters. The van der Waals surface area contributed by atoms with Crippen LogP contribution in [0.3, 0.4) is 0 Å². The van der Waals surface area contributed by atoms with Crippen LogP contribution in [0.5, 0.6) is 0 Å². The minimum absolute atomic E-state index is 0.00272. The molecule has 0 amide bonds. The van der Waals surface area contributed by atoms with Gasteiger partial charge in [-0.15, -0.1) is 0 Å². The minimum atomic E-state index is -5.02. The minimum Gasteiger partial charge on any atom is -0.462 e. The summed E-state index contributed by atoms with van der Waals surface area (Å²) in [5.41, 5.74) is 0. The number of esters is 4. The van der Waals surface area contributed by atoms with Gasteiger partial charge in [0, 0.05) is 25.7 Å². The number of phosphoric acid groups is 2. The van der Waals surface area contributed by atoms with Crippen LogP contribution >= 0.6 is 15.6 Å². The highest BCUT2D eigenvalue weighted by molar-refractivity contribution is 7.47. The van der Waals surface area contributed by atoms with Gasteiger partial charge in [-0.1, -0.05) is 301 Å². The van der Waals surface area contributed by atoms with Crippen molar-refractivity contribution in [1.82, 2.24) is 0 Å². The Morgan fingerprint density at radius 1 is 0.264 bits per heavy atom. The fourth-order valence-electron chi connectivity index (χ4n) is 10.2. The second kappa shape index (κ2) is 77.8. The van der Waals surface area contributed by atoms with E-state index in [2.05, 4.69) is 143 Å². The van der Waals surface area contributed by atoms with Crippen LogP contribution in [0, 0.1) is 0 Å². The van der Waals surface area contributed by atoms with E-state index in [0.29, 0.717) is 44.9 Å². The summed E-state index contributed by atoms with van der Waals surface area (Å²) >= 11 is 0. The van der Waals surface area contributed by atoms with Crippen molar-refractivity contribution in [2.45, 2.75) is 329 Å². The molecule has 19 heteroatoms. The quantitative estimate of drug-likeness (QED) is 0.0169. The van der Waals surface area contributed by atoms with Gasteiger partial charge in [-0.2, -0.15) is 0 Å². The number of unbranched alkanes of at least 4 members (excludes halogenated alkanes) is 23. The predicted molar refractivity (Wildman–Crippen MR) is 436 cm³/mol. The largest absolute Gasteiger partial charge is 0.472 e. The average molecular weight is 1520 g/mol. The lowest BCUT2D eigenvalue weighted by atomic mass is 10.0. The number of hydrogen-bond donors (Lipinski definition) is 3. The van der Waals surface area contributed by atoms with E-state index < -0.39 is 97.5 Å². The van der Waals surface area contributed by atoms with Crippen LogP contribution in [0.25, 0.3) is 0 Å². The molecule has 0 aromatic carbocycles. The molecule has 3 N–H and O–H groups in total. The van der Waals surface area contributed by atoms with Crippen LogP contribution < -0.4 is 0 Å². The summed E-state index contributed by atoms with van der Waals surface area (Å²) in [5, 5.41) is 10.6. The van der Waals surface area contributed by atoms with Crippen molar-refractivity contribution in [2.24, 2.45) is 0 Å². The van der Waals surface area contributed by atoms with Crippen LogP contribution in [0.2, 0.25) is 0 Å². The molecule has 0 bridgehead atoms. The van der Waals surface area contributed by atoms with Crippen molar-refractivity contribution < 1.29 is 80.2 Å². The molecule has 0 saturated carbocycles. The third-order valence-electron chi connectivity index (χ3n) is 16.5. The van der Waals surface area contributed by atoms with Gasteiger partial charge in [0.2, 0.25) is 0 Å². The van der Waals surface area contributed by atoms with Crippen molar-refractivity contribution in [1.29, 1.82) is 0 Å². The Kier molecular flexibility index (Phi) is 73.9. The fourth-order valence-corrected chi connectivity index (χ4v) is 11.8. The van der Waals surface area contributed by atoms with Gasteiger partial charge < -0.3 is 33.8 Å². The first-order valence-corrected chi connectivity index (χ1v) is 43.7. The fraction of sp³-hybridized carbons (Fsp3) is 0.655. The number of carbonyl (C=O) groups excluding carboxylic acids is 4. The molecule has 106 heavy (non-hydrogen) atoms. The monoisotopic (exact) mass is 1520 g/mol. The lowest BCUT2D eigenvalue weighted by Gasteiger charge is -2.21. The number of rotatable bonds is 75. The molecule has 0 aliphatic heterocycles. The van der Waals surface area contributed by atoms with Gasteiger partial charge in [-0.05, 0) is 141 Å². The summed E-state index contributed by atoms with van der Waals surface area (Å²) in [4.78, 5) is 73.0. The second-order valence-electron chi connectivity index (χ2n) is 26.7. The van der Waals surface area contributed by atoms with E-state index in [1.165, 1.54) is 109 Å². The summed E-state index contributed by atoms with van der Waals surface area (Å²) in [6, 6.07) is 0. The van der Waals surface area contributed by atoms with E-state index in [1.54, 1.807) is 0 Å². The topological polar surface area (TPSA) is 237 Å². The molecule has 604 valence electrons. The number of hydrogen-bond acceptors (Lipinski definition) is 15. The lowest BCUT2D eigenvalue weighted by molar-refractivity contribution is -0.161. The van der Waals surface area contributed by atoms with Gasteiger partial charge in [0.05, 0.1) is 26.4 Å². The summed E-state index contributed by atoms with van der Waals surface area (Å²) in [5.74, 6) is -2.41. The van der Waals surface area contributed by atoms with Crippen LogP contribution in [0.4, 0.5) is 0 Å². The molecule has 0 rings (SSSR count). The molecule has 0 aliphatic rings. The summed E-state index contributed by atoms with van der Waals surface area (Å²) in [6.07, 6.45) is 91.1. The Balaban J connectivity index is 5.54. The van der Waals surface area contributed by atoms with Gasteiger partial charge in [0.25, 0.3) is 0 Å². The first kappa shape index (κ1) is 101. The van der Waals surface area contributed by atoms with E-state index in [-0.39, 0.29) is 25.7 Å². The molecule has 0 spiro atoms. The molecule has 17 nitrogen and oxygen atoms in total. The van der Waals surface area contributed by atoms with E-state index in [0.717, 1.165) is 103 Å². The van der Waals surface area contributed by atoms with Gasteiger partial charge in [-0.25, -0.2) is 9.13 Å². The van der Waals surface area contributed by atoms with E-state index in [1.807, 2.05) is 42.5 Å². The molecule has 0 fully saturated rings. The highest BCUT2D eigenvalue weighted by atomic mass is 31.2. The van der Waals surface area contributed by atoms with Crippen molar-refractivity contribution in [3.63, 3.8) is 0 Å².